The monoisotopic (exact) mass is 268 g/mol. The number of fused-ring (bicyclic) bond motifs is 1. The summed E-state index contributed by atoms with van der Waals surface area (Å²) in [5.41, 5.74) is 3.04. The molecule has 0 unspecified atom stereocenters. The van der Waals surface area contributed by atoms with E-state index in [4.69, 9.17) is 0 Å². The van der Waals surface area contributed by atoms with Crippen LogP contribution in [0.5, 0.6) is 0 Å². The Kier molecular flexibility index (Phi) is 2.04. The second-order valence-corrected chi connectivity index (χ2v) is 5.58. The first kappa shape index (κ1) is 8.04. The molecule has 4 heteroatoms. The molecule has 1 heterocycles. The maximum absolute atomic E-state index is 4.66. The van der Waals surface area contributed by atoms with Crippen molar-refractivity contribution in [2.24, 2.45) is 0 Å². The van der Waals surface area contributed by atoms with Gasteiger partial charge in [-0.2, -0.15) is 0 Å². The molecule has 1 aromatic carbocycles. The Bertz CT molecular complexity index is 410. The van der Waals surface area contributed by atoms with Gasteiger partial charge in [-0.25, -0.2) is 0 Å². The summed E-state index contributed by atoms with van der Waals surface area (Å²) in [5, 5.41) is 7.66. The van der Waals surface area contributed by atoms with E-state index in [9.17, 15) is 0 Å². The number of benzene rings is 1. The normalized spacial score (nSPS) is 10.8. The molecule has 0 N–H and O–H groups in total. The molecule has 0 spiro atoms. The van der Waals surface area contributed by atoms with Gasteiger partial charge in [0.2, 0.25) is 0 Å². The minimum atomic E-state index is -0.368. The molecule has 0 saturated carbocycles. The van der Waals surface area contributed by atoms with Crippen molar-refractivity contribution in [2.45, 2.75) is 11.9 Å². The van der Waals surface area contributed by atoms with Crippen molar-refractivity contribution in [3.8, 4) is 0 Å². The number of rotatable bonds is 1. The van der Waals surface area contributed by atoms with Gasteiger partial charge in [0, 0.05) is 0 Å². The van der Waals surface area contributed by atoms with Crippen molar-refractivity contribution in [1.82, 2.24) is 10.3 Å². The standard InChI is InChI=1S/C7H5N2O.CH3.Sn/c1-5-3-2-4-6-7(5)9-10-8-6;;/h2,4H,1H3;1H3;. The second-order valence-electron chi connectivity index (χ2n) is 2.62. The van der Waals surface area contributed by atoms with Gasteiger partial charge >= 0.3 is 80.3 Å². The van der Waals surface area contributed by atoms with Crippen molar-refractivity contribution < 1.29 is 4.63 Å². The number of hydrogen-bond donors (Lipinski definition) is 0. The van der Waals surface area contributed by atoms with Crippen LogP contribution in [0.1, 0.15) is 5.56 Å². The van der Waals surface area contributed by atoms with Crippen LogP contribution >= 0.6 is 0 Å². The van der Waals surface area contributed by atoms with E-state index < -0.39 is 0 Å². The Labute approximate surface area is 80.3 Å². The van der Waals surface area contributed by atoms with Crippen LogP contribution in [-0.2, 0) is 0 Å². The molecule has 0 amide bonds. The van der Waals surface area contributed by atoms with Crippen molar-refractivity contribution in [1.29, 1.82) is 0 Å². The summed E-state index contributed by atoms with van der Waals surface area (Å²) in [6, 6.07) is 4.13. The Hall–Kier alpha value is -0.581. The van der Waals surface area contributed by atoms with Crippen molar-refractivity contribution >= 4 is 35.8 Å². The molecule has 0 aliphatic heterocycles. The van der Waals surface area contributed by atoms with Gasteiger partial charge in [0.1, 0.15) is 0 Å². The molecule has 60 valence electrons. The van der Waals surface area contributed by atoms with Gasteiger partial charge < -0.3 is 0 Å². The number of nitrogens with zero attached hydrogens (tertiary/aromatic N) is 2. The fourth-order valence-corrected chi connectivity index (χ4v) is 3.37. The third kappa shape index (κ3) is 1.12. The molecule has 0 fully saturated rings. The average molecular weight is 267 g/mol. The minimum absolute atomic E-state index is 0.368. The maximum atomic E-state index is 4.66. The van der Waals surface area contributed by atoms with Crippen LogP contribution < -0.4 is 3.58 Å². The first-order chi connectivity index (χ1) is 5.83. The average Bonchev–Trinajstić information content (AvgIpc) is 2.53. The topological polar surface area (TPSA) is 38.9 Å². The van der Waals surface area contributed by atoms with E-state index in [0.29, 0.717) is 0 Å². The third-order valence-electron chi connectivity index (χ3n) is 1.95. The molecule has 2 aromatic rings. The van der Waals surface area contributed by atoms with E-state index in [0.717, 1.165) is 11.0 Å². The van der Waals surface area contributed by atoms with E-state index in [-0.39, 0.29) is 21.1 Å². The van der Waals surface area contributed by atoms with Gasteiger partial charge in [-0.3, -0.25) is 0 Å². The van der Waals surface area contributed by atoms with E-state index in [2.05, 4.69) is 32.9 Å². The molecule has 1 aromatic heterocycles. The Balaban J connectivity index is 2.78. The fourth-order valence-electron chi connectivity index (χ4n) is 1.25. The van der Waals surface area contributed by atoms with Gasteiger partial charge in [0.15, 0.2) is 0 Å². The van der Waals surface area contributed by atoms with Crippen molar-refractivity contribution in [3.05, 3.63) is 17.7 Å². The summed E-state index contributed by atoms with van der Waals surface area (Å²) in [5.74, 6) is 0. The number of hydrogen-bond acceptors (Lipinski definition) is 3. The summed E-state index contributed by atoms with van der Waals surface area (Å²) < 4.78 is 6.14. The molecule has 2 rings (SSSR count). The predicted molar refractivity (Wildman–Crippen MR) is 47.8 cm³/mol. The summed E-state index contributed by atoms with van der Waals surface area (Å²) in [7, 11) is 0. The summed E-state index contributed by atoms with van der Waals surface area (Å²) in [4.78, 5) is 2.30. The van der Waals surface area contributed by atoms with Crippen LogP contribution in [0.3, 0.4) is 0 Å². The van der Waals surface area contributed by atoms with Crippen LogP contribution in [0.25, 0.3) is 11.0 Å². The molecule has 0 bridgehead atoms. The second kappa shape index (κ2) is 3.05. The van der Waals surface area contributed by atoms with Gasteiger partial charge in [-0.1, -0.05) is 0 Å². The zero-order valence-electron chi connectivity index (χ0n) is 6.96. The molecular weight excluding hydrogens is 259 g/mol. The zero-order valence-corrected chi connectivity index (χ0v) is 9.81. The Morgan fingerprint density at radius 2 is 2.17 bits per heavy atom. The molecule has 0 aliphatic rings. The summed E-state index contributed by atoms with van der Waals surface area (Å²) in [6.07, 6.45) is 0. The molecule has 0 aliphatic carbocycles. The molecule has 3 nitrogen and oxygen atoms in total. The molecule has 0 saturated heterocycles. The van der Waals surface area contributed by atoms with Crippen LogP contribution in [0.4, 0.5) is 0 Å². The van der Waals surface area contributed by atoms with Crippen LogP contribution in [0.15, 0.2) is 16.8 Å². The van der Waals surface area contributed by atoms with Gasteiger partial charge in [-0.15, -0.1) is 0 Å². The van der Waals surface area contributed by atoms with E-state index in [1.165, 1.54) is 9.14 Å². The third-order valence-corrected chi connectivity index (χ3v) is 5.03. The summed E-state index contributed by atoms with van der Waals surface area (Å²) >= 11 is -0.368. The Morgan fingerprint density at radius 1 is 1.33 bits per heavy atom. The zero-order chi connectivity index (χ0) is 8.55. The van der Waals surface area contributed by atoms with Crippen LogP contribution in [0, 0.1) is 6.92 Å². The molecule has 12 heavy (non-hydrogen) atoms. The SMILES string of the molecule is [CH3][Sn][c]1ccc2nonc2c1C. The molecule has 2 radical (unpaired) electrons. The fraction of sp³-hybridized carbons (Fsp3) is 0.250. The van der Waals surface area contributed by atoms with Crippen molar-refractivity contribution in [3.63, 3.8) is 0 Å². The number of aromatic nitrogens is 2. The van der Waals surface area contributed by atoms with E-state index in [1.54, 1.807) is 0 Å². The first-order valence-corrected chi connectivity index (χ1v) is 8.00. The van der Waals surface area contributed by atoms with E-state index >= 15 is 0 Å². The molecular formula is C8H8N2OSn. The Morgan fingerprint density at radius 3 is 2.92 bits per heavy atom. The van der Waals surface area contributed by atoms with Gasteiger partial charge in [0.05, 0.1) is 0 Å². The predicted octanol–water partition coefficient (Wildman–Crippen LogP) is 0.909. The first-order valence-electron chi connectivity index (χ1n) is 3.72. The van der Waals surface area contributed by atoms with Gasteiger partial charge in [0.25, 0.3) is 0 Å². The van der Waals surface area contributed by atoms with E-state index in [1.807, 2.05) is 6.07 Å². The van der Waals surface area contributed by atoms with Gasteiger partial charge in [-0.05, 0) is 0 Å². The van der Waals surface area contributed by atoms with Crippen molar-refractivity contribution in [2.75, 3.05) is 0 Å². The van der Waals surface area contributed by atoms with Crippen LogP contribution in [0.2, 0.25) is 4.94 Å². The van der Waals surface area contributed by atoms with Crippen LogP contribution in [-0.4, -0.2) is 31.5 Å². The summed E-state index contributed by atoms with van der Waals surface area (Å²) in [6.45, 7) is 2.09. The molecule has 0 atom stereocenters. The number of aryl methyl sites for hydroxylation is 1. The quantitative estimate of drug-likeness (QED) is 0.721.